The molecule has 0 radical (unpaired) electrons. The molecule has 1 unspecified atom stereocenters. The molecule has 1 amide bonds. The van der Waals surface area contributed by atoms with E-state index in [2.05, 4.69) is 28.6 Å². The zero-order chi connectivity index (χ0) is 19.4. The largest absolute Gasteiger partial charge is 0.493 e. The maximum Gasteiger partial charge on any atom is 0.238 e. The van der Waals surface area contributed by atoms with Crippen molar-refractivity contribution < 1.29 is 19.0 Å². The number of ether oxygens (including phenoxy) is 3. The van der Waals surface area contributed by atoms with Crippen LogP contribution in [0.3, 0.4) is 0 Å². The number of rotatable bonds is 7. The van der Waals surface area contributed by atoms with Crippen molar-refractivity contribution in [2.75, 3.05) is 39.7 Å². The Kier molecular flexibility index (Phi) is 6.23. The fraction of sp³-hybridized carbons (Fsp3) is 0.450. The first-order valence-electron chi connectivity index (χ1n) is 9.01. The van der Waals surface area contributed by atoms with E-state index >= 15 is 0 Å². The molecule has 1 aromatic heterocycles. The highest BCUT2D eigenvalue weighted by Gasteiger charge is 2.28. The minimum atomic E-state index is -0.0543. The van der Waals surface area contributed by atoms with Crippen molar-refractivity contribution in [3.8, 4) is 17.2 Å². The van der Waals surface area contributed by atoms with E-state index in [0.29, 0.717) is 35.5 Å². The van der Waals surface area contributed by atoms with E-state index < -0.39 is 0 Å². The van der Waals surface area contributed by atoms with E-state index in [9.17, 15) is 4.79 Å². The van der Waals surface area contributed by atoms with E-state index in [1.807, 2.05) is 11.3 Å². The van der Waals surface area contributed by atoms with Crippen LogP contribution in [-0.2, 0) is 11.2 Å². The number of nitrogens with one attached hydrogen (secondary N) is 1. The van der Waals surface area contributed by atoms with Gasteiger partial charge in [0, 0.05) is 35.3 Å². The van der Waals surface area contributed by atoms with E-state index in [0.717, 1.165) is 19.4 Å². The minimum Gasteiger partial charge on any atom is -0.493 e. The number of amides is 1. The second-order valence-corrected chi connectivity index (χ2v) is 7.41. The van der Waals surface area contributed by atoms with Gasteiger partial charge in [-0.15, -0.1) is 11.3 Å². The predicted molar refractivity (Wildman–Crippen MR) is 107 cm³/mol. The summed E-state index contributed by atoms with van der Waals surface area (Å²) in [6.07, 6.45) is 1.99. The summed E-state index contributed by atoms with van der Waals surface area (Å²) in [7, 11) is 4.67. The molecule has 0 saturated carbocycles. The molecule has 0 spiro atoms. The van der Waals surface area contributed by atoms with Gasteiger partial charge in [0.25, 0.3) is 0 Å². The number of methoxy groups -OCH3 is 3. The molecule has 27 heavy (non-hydrogen) atoms. The van der Waals surface area contributed by atoms with Gasteiger partial charge in [0.1, 0.15) is 0 Å². The number of carbonyl (C=O) groups excluding carboxylic acids is 1. The van der Waals surface area contributed by atoms with Gasteiger partial charge >= 0.3 is 0 Å². The Balaban J connectivity index is 1.73. The smallest absolute Gasteiger partial charge is 0.238 e. The van der Waals surface area contributed by atoms with Crippen molar-refractivity contribution in [2.24, 2.45) is 0 Å². The number of hydrogen-bond acceptors (Lipinski definition) is 6. The lowest BCUT2D eigenvalue weighted by atomic mass is 9.98. The van der Waals surface area contributed by atoms with Crippen molar-refractivity contribution in [3.05, 3.63) is 34.0 Å². The average molecular weight is 391 g/mol. The second-order valence-electron chi connectivity index (χ2n) is 6.41. The summed E-state index contributed by atoms with van der Waals surface area (Å²) in [5.41, 5.74) is 1.99. The third kappa shape index (κ3) is 4.04. The number of fused-ring (bicyclic) bond motifs is 1. The van der Waals surface area contributed by atoms with Gasteiger partial charge in [0.2, 0.25) is 11.7 Å². The van der Waals surface area contributed by atoms with Gasteiger partial charge in [-0.2, -0.15) is 0 Å². The Morgan fingerprint density at radius 2 is 1.93 bits per heavy atom. The van der Waals surface area contributed by atoms with Crippen LogP contribution in [0, 0.1) is 0 Å². The van der Waals surface area contributed by atoms with E-state index in [1.54, 1.807) is 33.5 Å². The molecule has 1 aromatic carbocycles. The van der Waals surface area contributed by atoms with Crippen LogP contribution >= 0.6 is 11.3 Å². The zero-order valence-electron chi connectivity index (χ0n) is 16.2. The lowest BCUT2D eigenvalue weighted by Gasteiger charge is -2.34. The van der Waals surface area contributed by atoms with Gasteiger partial charge in [0.05, 0.1) is 27.9 Å². The molecule has 0 aliphatic carbocycles. The maximum absolute atomic E-state index is 12.7. The van der Waals surface area contributed by atoms with Crippen molar-refractivity contribution >= 4 is 22.9 Å². The lowest BCUT2D eigenvalue weighted by molar-refractivity contribution is -0.118. The Morgan fingerprint density at radius 1 is 1.22 bits per heavy atom. The normalized spacial score (nSPS) is 16.5. The van der Waals surface area contributed by atoms with Gasteiger partial charge in [-0.1, -0.05) is 6.92 Å². The van der Waals surface area contributed by atoms with Crippen LogP contribution in [0.1, 0.15) is 29.8 Å². The number of anilines is 1. The summed E-state index contributed by atoms with van der Waals surface area (Å²) in [6.45, 7) is 3.42. The Labute approximate surface area is 164 Å². The lowest BCUT2D eigenvalue weighted by Crippen LogP contribution is -2.40. The van der Waals surface area contributed by atoms with E-state index in [-0.39, 0.29) is 5.91 Å². The monoisotopic (exact) mass is 390 g/mol. The molecule has 1 N–H and O–H groups in total. The summed E-state index contributed by atoms with van der Waals surface area (Å²) in [6, 6.07) is 5.97. The Bertz CT molecular complexity index is 780. The topological polar surface area (TPSA) is 60.0 Å². The molecule has 0 saturated heterocycles. The fourth-order valence-corrected chi connectivity index (χ4v) is 4.58. The average Bonchev–Trinajstić information content (AvgIpc) is 3.15. The molecule has 6 nitrogen and oxygen atoms in total. The van der Waals surface area contributed by atoms with Crippen LogP contribution in [0.4, 0.5) is 5.69 Å². The molecule has 1 atom stereocenters. The molecule has 2 aromatic rings. The summed E-state index contributed by atoms with van der Waals surface area (Å²) in [5.74, 6) is 1.48. The first-order valence-corrected chi connectivity index (χ1v) is 9.89. The van der Waals surface area contributed by atoms with Crippen LogP contribution in [0.5, 0.6) is 17.2 Å². The van der Waals surface area contributed by atoms with E-state index in [1.165, 1.54) is 10.4 Å². The fourth-order valence-electron chi connectivity index (χ4n) is 3.65. The number of hydrogen-bond donors (Lipinski definition) is 1. The highest BCUT2D eigenvalue weighted by Crippen LogP contribution is 2.40. The van der Waals surface area contributed by atoms with Gasteiger partial charge in [0.15, 0.2) is 11.5 Å². The number of carbonyl (C=O) groups is 1. The summed E-state index contributed by atoms with van der Waals surface area (Å²) < 4.78 is 16.0. The van der Waals surface area contributed by atoms with Crippen LogP contribution in [0.2, 0.25) is 0 Å². The third-order valence-corrected chi connectivity index (χ3v) is 5.88. The quantitative estimate of drug-likeness (QED) is 0.781. The molecule has 146 valence electrons. The minimum absolute atomic E-state index is 0.0543. The molecule has 0 bridgehead atoms. The molecular formula is C20H26N2O4S. The molecule has 7 heteroatoms. The first kappa shape index (κ1) is 19.5. The van der Waals surface area contributed by atoms with Crippen LogP contribution in [-0.4, -0.2) is 45.2 Å². The van der Waals surface area contributed by atoms with Crippen LogP contribution in [0.15, 0.2) is 23.6 Å². The van der Waals surface area contributed by atoms with E-state index in [4.69, 9.17) is 14.2 Å². The van der Waals surface area contributed by atoms with Gasteiger partial charge in [-0.3, -0.25) is 9.69 Å². The number of nitrogens with zero attached hydrogens (tertiary/aromatic N) is 1. The number of benzene rings is 1. The van der Waals surface area contributed by atoms with Crippen LogP contribution in [0.25, 0.3) is 0 Å². The highest BCUT2D eigenvalue weighted by atomic mass is 32.1. The summed E-state index contributed by atoms with van der Waals surface area (Å²) >= 11 is 1.81. The van der Waals surface area contributed by atoms with Gasteiger partial charge < -0.3 is 19.5 Å². The van der Waals surface area contributed by atoms with Crippen molar-refractivity contribution in [2.45, 2.75) is 25.8 Å². The molecule has 2 heterocycles. The summed E-state index contributed by atoms with van der Waals surface area (Å²) in [4.78, 5) is 16.4. The van der Waals surface area contributed by atoms with Gasteiger partial charge in [-0.25, -0.2) is 0 Å². The molecular weight excluding hydrogens is 364 g/mol. The van der Waals surface area contributed by atoms with Crippen molar-refractivity contribution in [1.29, 1.82) is 0 Å². The Morgan fingerprint density at radius 3 is 2.52 bits per heavy atom. The van der Waals surface area contributed by atoms with Gasteiger partial charge in [-0.05, 0) is 29.9 Å². The third-order valence-electron chi connectivity index (χ3n) is 4.89. The zero-order valence-corrected chi connectivity index (χ0v) is 17.0. The van der Waals surface area contributed by atoms with Crippen molar-refractivity contribution in [1.82, 2.24) is 4.90 Å². The molecule has 1 aliphatic heterocycles. The van der Waals surface area contributed by atoms with Crippen molar-refractivity contribution in [3.63, 3.8) is 0 Å². The molecule has 3 rings (SSSR count). The maximum atomic E-state index is 12.7. The number of thiophene rings is 1. The second kappa shape index (κ2) is 8.63. The summed E-state index contributed by atoms with van der Waals surface area (Å²) in [5, 5.41) is 5.10. The highest BCUT2D eigenvalue weighted by molar-refractivity contribution is 7.10. The predicted octanol–water partition coefficient (Wildman–Crippen LogP) is 3.72. The first-order chi connectivity index (χ1) is 13.1. The SMILES string of the molecule is CCC1c2ccsc2CCN1CC(=O)Nc1cc(OC)c(OC)c(OC)c1. The standard InChI is InChI=1S/C20H26N2O4S/c1-5-15-14-7-9-27-18(14)6-8-22(15)12-19(23)21-13-10-16(24-2)20(26-4)17(11-13)25-3/h7,9-11,15H,5-6,8,12H2,1-4H3,(H,21,23). The molecule has 0 fully saturated rings. The molecule has 1 aliphatic rings. The van der Waals surface area contributed by atoms with Crippen LogP contribution < -0.4 is 19.5 Å². The Hall–Kier alpha value is -2.25.